The zero-order valence-electron chi connectivity index (χ0n) is 20.5. The van der Waals surface area contributed by atoms with E-state index in [1.54, 1.807) is 18.2 Å². The number of nitrogen functional groups attached to an aromatic ring is 1. The van der Waals surface area contributed by atoms with Crippen LogP contribution < -0.4 is 25.4 Å². The minimum Gasteiger partial charge on any atom is -0.493 e. The lowest BCUT2D eigenvalue weighted by molar-refractivity contribution is -0.116. The van der Waals surface area contributed by atoms with Crippen molar-refractivity contribution < 1.29 is 23.0 Å². The molecule has 0 radical (unpaired) electrons. The van der Waals surface area contributed by atoms with E-state index < -0.39 is 5.82 Å². The minimum absolute atomic E-state index is 0.0201. The molecule has 190 valence electrons. The van der Waals surface area contributed by atoms with Crippen LogP contribution in [0, 0.1) is 11.6 Å². The molecule has 2 aromatic carbocycles. The molecule has 0 bridgehead atoms. The van der Waals surface area contributed by atoms with E-state index in [0.29, 0.717) is 37.0 Å². The normalized spacial score (nSPS) is 14.5. The van der Waals surface area contributed by atoms with Gasteiger partial charge >= 0.3 is 0 Å². The van der Waals surface area contributed by atoms with Gasteiger partial charge in [-0.25, -0.2) is 13.8 Å². The van der Waals surface area contributed by atoms with Crippen LogP contribution >= 0.6 is 0 Å². The number of benzene rings is 2. The van der Waals surface area contributed by atoms with Crippen molar-refractivity contribution in [3.63, 3.8) is 0 Å². The van der Waals surface area contributed by atoms with Crippen LogP contribution in [0.1, 0.15) is 31.4 Å². The summed E-state index contributed by atoms with van der Waals surface area (Å²) in [5.41, 5.74) is 7.74. The van der Waals surface area contributed by atoms with E-state index in [0.717, 1.165) is 5.56 Å². The van der Waals surface area contributed by atoms with Gasteiger partial charge < -0.3 is 25.4 Å². The molecule has 3 aromatic rings. The van der Waals surface area contributed by atoms with Crippen molar-refractivity contribution in [3.8, 4) is 11.5 Å². The Morgan fingerprint density at radius 3 is 2.56 bits per heavy atom. The Morgan fingerprint density at radius 1 is 1.19 bits per heavy atom. The monoisotopic (exact) mass is 497 g/mol. The highest BCUT2D eigenvalue weighted by molar-refractivity contribution is 5.96. The Balaban J connectivity index is 1.53. The summed E-state index contributed by atoms with van der Waals surface area (Å²) in [7, 11) is 2.76. The summed E-state index contributed by atoms with van der Waals surface area (Å²) >= 11 is 0. The van der Waals surface area contributed by atoms with Crippen molar-refractivity contribution in [2.24, 2.45) is 0 Å². The van der Waals surface area contributed by atoms with Gasteiger partial charge in [0.2, 0.25) is 5.95 Å². The van der Waals surface area contributed by atoms with Gasteiger partial charge in [0.25, 0.3) is 0 Å². The molecular formula is C26H29F2N5O3. The first-order valence-corrected chi connectivity index (χ1v) is 11.7. The molecule has 4 rings (SSSR count). The molecule has 10 heteroatoms. The topological polar surface area (TPSA) is 103 Å². The number of carbonyl (C=O) groups is 1. The molecule has 0 amide bonds. The molecular weight excluding hydrogens is 468 g/mol. The van der Waals surface area contributed by atoms with Gasteiger partial charge in [-0.15, -0.1) is 0 Å². The molecule has 1 aromatic heterocycles. The van der Waals surface area contributed by atoms with E-state index in [2.05, 4.69) is 15.3 Å². The number of rotatable bonds is 9. The number of fused-ring (bicyclic) bond motifs is 1. The standard InChI is InChI=1S/C26H29F2N5O3/c1-4-30-19(15-5-7-17(27)8-6-15)14-20(34)16-9-11-33(12-10-16)26-31-23-18(25(29)32-26)13-21(35-2)24(36-3)22(23)28/h5-9,13,19,30H,4,10-12,14H2,1-3H3,(H2,29,31,32)/t19-/m1/s1. The predicted octanol–water partition coefficient (Wildman–Crippen LogP) is 3.95. The number of anilines is 2. The third-order valence-corrected chi connectivity index (χ3v) is 6.26. The number of carbonyl (C=O) groups excluding carboxylic acids is 1. The second-order valence-corrected chi connectivity index (χ2v) is 8.45. The van der Waals surface area contributed by atoms with Gasteiger partial charge in [0, 0.05) is 30.9 Å². The fourth-order valence-electron chi connectivity index (χ4n) is 4.35. The van der Waals surface area contributed by atoms with Gasteiger partial charge in [-0.1, -0.05) is 25.1 Å². The average Bonchev–Trinajstić information content (AvgIpc) is 2.89. The highest BCUT2D eigenvalue weighted by Gasteiger charge is 2.24. The molecule has 0 unspecified atom stereocenters. The van der Waals surface area contributed by atoms with E-state index in [-0.39, 0.29) is 52.8 Å². The first kappa shape index (κ1) is 25.3. The van der Waals surface area contributed by atoms with Crippen LogP contribution in [0.3, 0.4) is 0 Å². The SMILES string of the molecule is CCN[C@H](CC(=O)C1=CCN(c2nc(N)c3cc(OC)c(OC)c(F)c3n2)CC1)c1ccc(F)cc1. The number of nitrogens with two attached hydrogens (primary N) is 1. The second kappa shape index (κ2) is 10.9. The predicted molar refractivity (Wildman–Crippen MR) is 134 cm³/mol. The van der Waals surface area contributed by atoms with Crippen molar-refractivity contribution >= 4 is 28.5 Å². The number of nitrogens with one attached hydrogen (secondary N) is 1. The van der Waals surface area contributed by atoms with Crippen molar-refractivity contribution in [1.29, 1.82) is 0 Å². The molecule has 3 N–H and O–H groups in total. The van der Waals surface area contributed by atoms with Crippen molar-refractivity contribution in [2.45, 2.75) is 25.8 Å². The van der Waals surface area contributed by atoms with Gasteiger partial charge in [-0.05, 0) is 42.3 Å². The van der Waals surface area contributed by atoms with Gasteiger partial charge in [-0.3, -0.25) is 4.79 Å². The number of ketones is 1. The molecule has 1 atom stereocenters. The highest BCUT2D eigenvalue weighted by atomic mass is 19.1. The van der Waals surface area contributed by atoms with Crippen LogP contribution in [-0.2, 0) is 4.79 Å². The molecule has 0 aliphatic carbocycles. The number of Topliss-reactive ketones (excluding diaryl/α,β-unsaturated/α-hetero) is 1. The summed E-state index contributed by atoms with van der Waals surface area (Å²) < 4.78 is 38.8. The summed E-state index contributed by atoms with van der Waals surface area (Å²) in [6, 6.07) is 7.51. The number of hydrogen-bond acceptors (Lipinski definition) is 8. The first-order chi connectivity index (χ1) is 17.4. The lowest BCUT2D eigenvalue weighted by Crippen LogP contribution is -2.32. The number of halogens is 2. The lowest BCUT2D eigenvalue weighted by Gasteiger charge is -2.27. The zero-order valence-corrected chi connectivity index (χ0v) is 20.5. The van der Waals surface area contributed by atoms with E-state index in [9.17, 15) is 9.18 Å². The van der Waals surface area contributed by atoms with Crippen LogP contribution in [-0.4, -0.2) is 49.6 Å². The van der Waals surface area contributed by atoms with Gasteiger partial charge in [0.1, 0.15) is 17.2 Å². The Bertz CT molecular complexity index is 1300. The molecule has 0 saturated heterocycles. The Morgan fingerprint density at radius 2 is 1.94 bits per heavy atom. The van der Waals surface area contributed by atoms with Crippen LogP contribution in [0.2, 0.25) is 0 Å². The fourth-order valence-corrected chi connectivity index (χ4v) is 4.35. The van der Waals surface area contributed by atoms with Gasteiger partial charge in [-0.2, -0.15) is 4.98 Å². The molecule has 0 fully saturated rings. The smallest absolute Gasteiger partial charge is 0.228 e. The van der Waals surface area contributed by atoms with Crippen LogP contribution in [0.5, 0.6) is 11.5 Å². The minimum atomic E-state index is -0.680. The summed E-state index contributed by atoms with van der Waals surface area (Å²) in [6.07, 6.45) is 2.59. The number of aromatic nitrogens is 2. The number of hydrogen-bond donors (Lipinski definition) is 2. The summed E-state index contributed by atoms with van der Waals surface area (Å²) in [5.74, 6) is -0.445. The van der Waals surface area contributed by atoms with Gasteiger partial charge in [0.15, 0.2) is 23.1 Å². The summed E-state index contributed by atoms with van der Waals surface area (Å²) in [5, 5.41) is 3.63. The van der Waals surface area contributed by atoms with Gasteiger partial charge in [0.05, 0.1) is 14.2 Å². The summed E-state index contributed by atoms with van der Waals surface area (Å²) in [6.45, 7) is 3.49. The molecule has 1 aliphatic heterocycles. The van der Waals surface area contributed by atoms with E-state index >= 15 is 4.39 Å². The third-order valence-electron chi connectivity index (χ3n) is 6.26. The van der Waals surface area contributed by atoms with Crippen molar-refractivity contribution in [2.75, 3.05) is 44.5 Å². The van der Waals surface area contributed by atoms with Crippen LogP contribution in [0.15, 0.2) is 42.0 Å². The Kier molecular flexibility index (Phi) is 7.64. The van der Waals surface area contributed by atoms with E-state index in [1.165, 1.54) is 26.4 Å². The average molecular weight is 498 g/mol. The maximum atomic E-state index is 15.1. The van der Waals surface area contributed by atoms with Crippen molar-refractivity contribution in [3.05, 3.63) is 59.2 Å². The highest BCUT2D eigenvalue weighted by Crippen LogP contribution is 2.37. The number of ether oxygens (including phenoxy) is 2. The molecule has 2 heterocycles. The molecule has 0 saturated carbocycles. The third kappa shape index (κ3) is 5.08. The molecule has 1 aliphatic rings. The quantitative estimate of drug-likeness (QED) is 0.458. The maximum Gasteiger partial charge on any atom is 0.228 e. The number of methoxy groups -OCH3 is 2. The van der Waals surface area contributed by atoms with E-state index in [4.69, 9.17) is 15.2 Å². The maximum absolute atomic E-state index is 15.1. The Labute approximate surface area is 208 Å². The molecule has 8 nitrogen and oxygen atoms in total. The zero-order chi connectivity index (χ0) is 25.8. The fraction of sp³-hybridized carbons (Fsp3) is 0.346. The first-order valence-electron chi connectivity index (χ1n) is 11.7. The molecule has 36 heavy (non-hydrogen) atoms. The summed E-state index contributed by atoms with van der Waals surface area (Å²) in [4.78, 5) is 23.6. The van der Waals surface area contributed by atoms with Crippen molar-refractivity contribution in [1.82, 2.24) is 15.3 Å². The second-order valence-electron chi connectivity index (χ2n) is 8.45. The largest absolute Gasteiger partial charge is 0.493 e. The van der Waals surface area contributed by atoms with Crippen LogP contribution in [0.4, 0.5) is 20.5 Å². The molecule has 0 spiro atoms. The lowest BCUT2D eigenvalue weighted by atomic mass is 9.95. The van der Waals surface area contributed by atoms with E-state index in [1.807, 2.05) is 17.9 Å². The van der Waals surface area contributed by atoms with Crippen LogP contribution in [0.25, 0.3) is 10.9 Å². The Hall–Kier alpha value is -3.79. The number of nitrogens with zero attached hydrogens (tertiary/aromatic N) is 3.